The molecule has 7 heteroatoms. The van der Waals surface area contributed by atoms with Crippen molar-refractivity contribution < 1.29 is 9.53 Å². The van der Waals surface area contributed by atoms with E-state index in [-0.39, 0.29) is 5.97 Å². The van der Waals surface area contributed by atoms with Gasteiger partial charge in [-0.25, -0.2) is 4.98 Å². The van der Waals surface area contributed by atoms with Crippen molar-refractivity contribution in [3.8, 4) is 0 Å². The summed E-state index contributed by atoms with van der Waals surface area (Å²) in [5, 5.41) is 10.7. The monoisotopic (exact) mass is 300 g/mol. The van der Waals surface area contributed by atoms with Crippen LogP contribution in [0.5, 0.6) is 0 Å². The van der Waals surface area contributed by atoms with Crippen LogP contribution in [0.15, 0.2) is 5.16 Å². The number of carbonyl (C=O) groups excluding carboxylic acids is 1. The van der Waals surface area contributed by atoms with Gasteiger partial charge in [0.1, 0.15) is 11.4 Å². The average Bonchev–Trinajstić information content (AvgIpc) is 2.84. The van der Waals surface area contributed by atoms with Crippen LogP contribution >= 0.6 is 11.8 Å². The maximum Gasteiger partial charge on any atom is 0.326 e. The van der Waals surface area contributed by atoms with Crippen LogP contribution in [0.1, 0.15) is 38.9 Å². The number of rotatable bonds is 9. The quantitative estimate of drug-likeness (QED) is 0.412. The molecule has 0 saturated heterocycles. The Bertz CT molecular complexity index is 424. The molecule has 0 saturated carbocycles. The van der Waals surface area contributed by atoms with E-state index in [1.54, 1.807) is 18.8 Å². The molecule has 2 N–H and O–H groups in total. The van der Waals surface area contributed by atoms with Gasteiger partial charge in [-0.2, -0.15) is 0 Å². The van der Waals surface area contributed by atoms with Crippen LogP contribution in [-0.2, 0) is 9.53 Å². The molecule has 1 aromatic rings. The Kier molecular flexibility index (Phi) is 7.01. The summed E-state index contributed by atoms with van der Waals surface area (Å²) in [4.78, 5) is 16.1. The number of esters is 1. The van der Waals surface area contributed by atoms with E-state index < -0.39 is 5.54 Å². The molecule has 114 valence electrons. The molecule has 0 spiro atoms. The molecule has 0 amide bonds. The van der Waals surface area contributed by atoms with Gasteiger partial charge in [0.05, 0.1) is 6.61 Å². The Hall–Kier alpha value is -1.08. The number of hydrogen-bond acceptors (Lipinski definition) is 6. The third kappa shape index (κ3) is 5.13. The smallest absolute Gasteiger partial charge is 0.326 e. The molecule has 0 fully saturated rings. The van der Waals surface area contributed by atoms with E-state index >= 15 is 0 Å². The number of unbranched alkanes of at least 4 members (excludes halogenated alkanes) is 1. The molecular weight excluding hydrogens is 276 g/mol. The molecule has 1 rings (SSSR count). The molecule has 6 nitrogen and oxygen atoms in total. The predicted molar refractivity (Wildman–Crippen MR) is 79.8 cm³/mol. The summed E-state index contributed by atoms with van der Waals surface area (Å²) in [5.41, 5.74) is -0.595. The van der Waals surface area contributed by atoms with Crippen molar-refractivity contribution in [2.75, 3.05) is 19.4 Å². The number of H-pyrrole nitrogens is 1. The Morgan fingerprint density at radius 1 is 1.50 bits per heavy atom. The summed E-state index contributed by atoms with van der Waals surface area (Å²) < 4.78 is 5.10. The average molecular weight is 300 g/mol. The number of likely N-dealkylation sites (N-methyl/N-ethyl adjacent to an activating group) is 1. The SMILES string of the molecule is CCOC(=O)C(C)(CCCCSc1n[nH]c(C)n1)NC. The third-order valence-electron chi connectivity index (χ3n) is 3.16. The van der Waals surface area contributed by atoms with Crippen molar-refractivity contribution in [1.29, 1.82) is 0 Å². The highest BCUT2D eigenvalue weighted by Crippen LogP contribution is 2.19. The molecule has 20 heavy (non-hydrogen) atoms. The summed E-state index contributed by atoms with van der Waals surface area (Å²) in [6.45, 7) is 6.01. The number of nitrogens with one attached hydrogen (secondary N) is 2. The molecule has 1 atom stereocenters. The van der Waals surface area contributed by atoms with Crippen LogP contribution in [0.2, 0.25) is 0 Å². The van der Waals surface area contributed by atoms with Crippen LogP contribution in [0.25, 0.3) is 0 Å². The summed E-state index contributed by atoms with van der Waals surface area (Å²) in [7, 11) is 1.79. The lowest BCUT2D eigenvalue weighted by atomic mass is 9.95. The maximum absolute atomic E-state index is 11.9. The summed E-state index contributed by atoms with van der Waals surface area (Å²) >= 11 is 1.63. The topological polar surface area (TPSA) is 79.9 Å². The molecule has 1 aromatic heterocycles. The largest absolute Gasteiger partial charge is 0.465 e. The number of aromatic nitrogens is 3. The van der Waals surface area contributed by atoms with Crippen molar-refractivity contribution in [1.82, 2.24) is 20.5 Å². The second-order valence-corrected chi connectivity index (χ2v) is 5.87. The van der Waals surface area contributed by atoms with Crippen LogP contribution in [0, 0.1) is 6.92 Å². The van der Waals surface area contributed by atoms with E-state index in [2.05, 4.69) is 20.5 Å². The fraction of sp³-hybridized carbons (Fsp3) is 0.769. The summed E-state index contributed by atoms with van der Waals surface area (Å²) in [5.74, 6) is 1.59. The molecule has 1 heterocycles. The van der Waals surface area contributed by atoms with Gasteiger partial charge in [0, 0.05) is 5.75 Å². The highest BCUT2D eigenvalue weighted by Gasteiger charge is 2.32. The van der Waals surface area contributed by atoms with E-state index in [1.165, 1.54) is 0 Å². The highest BCUT2D eigenvalue weighted by atomic mass is 32.2. The van der Waals surface area contributed by atoms with Crippen molar-refractivity contribution in [2.24, 2.45) is 0 Å². The number of ether oxygens (including phenoxy) is 1. The van der Waals surface area contributed by atoms with Gasteiger partial charge in [-0.3, -0.25) is 9.89 Å². The van der Waals surface area contributed by atoms with E-state index in [9.17, 15) is 4.79 Å². The summed E-state index contributed by atoms with van der Waals surface area (Å²) in [6.07, 6.45) is 2.72. The fourth-order valence-corrected chi connectivity index (χ4v) is 2.59. The first-order valence-corrected chi connectivity index (χ1v) is 7.88. The molecule has 0 aliphatic heterocycles. The normalized spacial score (nSPS) is 14.0. The molecule has 0 bridgehead atoms. The lowest BCUT2D eigenvalue weighted by Gasteiger charge is -2.26. The minimum Gasteiger partial charge on any atom is -0.465 e. The first kappa shape index (κ1) is 17.0. The number of carbonyl (C=O) groups is 1. The predicted octanol–water partition coefficient (Wildman–Crippen LogP) is 1.92. The first-order valence-electron chi connectivity index (χ1n) is 6.89. The first-order chi connectivity index (χ1) is 9.51. The Morgan fingerprint density at radius 3 is 2.80 bits per heavy atom. The van der Waals surface area contributed by atoms with E-state index in [1.807, 2.05) is 20.8 Å². The van der Waals surface area contributed by atoms with Gasteiger partial charge in [-0.1, -0.05) is 18.2 Å². The Labute approximate surface area is 124 Å². The second kappa shape index (κ2) is 8.26. The Balaban J connectivity index is 2.26. The van der Waals surface area contributed by atoms with Crippen molar-refractivity contribution in [3.63, 3.8) is 0 Å². The van der Waals surface area contributed by atoms with Crippen LogP contribution < -0.4 is 5.32 Å². The second-order valence-electron chi connectivity index (χ2n) is 4.81. The van der Waals surface area contributed by atoms with E-state index in [0.29, 0.717) is 6.61 Å². The molecule has 0 aromatic carbocycles. The summed E-state index contributed by atoms with van der Waals surface area (Å²) in [6, 6.07) is 0. The van der Waals surface area contributed by atoms with Gasteiger partial charge in [0.25, 0.3) is 0 Å². The van der Waals surface area contributed by atoms with Gasteiger partial charge in [0.15, 0.2) is 0 Å². The van der Waals surface area contributed by atoms with Crippen molar-refractivity contribution >= 4 is 17.7 Å². The lowest BCUT2D eigenvalue weighted by Crippen LogP contribution is -2.48. The zero-order valence-corrected chi connectivity index (χ0v) is 13.5. The zero-order valence-electron chi connectivity index (χ0n) is 12.7. The van der Waals surface area contributed by atoms with Crippen molar-refractivity contribution in [2.45, 2.75) is 50.7 Å². The zero-order chi connectivity index (χ0) is 15.0. The van der Waals surface area contributed by atoms with Crippen LogP contribution in [0.3, 0.4) is 0 Å². The number of aryl methyl sites for hydroxylation is 1. The number of thioether (sulfide) groups is 1. The van der Waals surface area contributed by atoms with Gasteiger partial charge >= 0.3 is 5.97 Å². The molecule has 0 aliphatic carbocycles. The molecule has 0 aliphatic rings. The third-order valence-corrected chi connectivity index (χ3v) is 4.09. The maximum atomic E-state index is 11.9. The number of nitrogens with zero attached hydrogens (tertiary/aromatic N) is 2. The van der Waals surface area contributed by atoms with Gasteiger partial charge in [-0.05, 0) is 40.7 Å². The van der Waals surface area contributed by atoms with E-state index in [4.69, 9.17) is 4.74 Å². The van der Waals surface area contributed by atoms with Gasteiger partial charge in [0.2, 0.25) is 5.16 Å². The van der Waals surface area contributed by atoms with Crippen molar-refractivity contribution in [3.05, 3.63) is 5.82 Å². The lowest BCUT2D eigenvalue weighted by molar-refractivity contribution is -0.150. The minimum atomic E-state index is -0.595. The van der Waals surface area contributed by atoms with Crippen LogP contribution in [-0.4, -0.2) is 46.1 Å². The van der Waals surface area contributed by atoms with Gasteiger partial charge < -0.3 is 10.1 Å². The molecule has 0 radical (unpaired) electrons. The minimum absolute atomic E-state index is 0.181. The van der Waals surface area contributed by atoms with Crippen LogP contribution in [0.4, 0.5) is 0 Å². The fourth-order valence-electron chi connectivity index (χ4n) is 1.75. The standard InChI is InChI=1S/C13H24N4O2S/c1-5-19-11(18)13(3,14-4)8-6-7-9-20-12-15-10(2)16-17-12/h14H,5-9H2,1-4H3,(H,15,16,17). The Morgan fingerprint density at radius 2 is 2.25 bits per heavy atom. The van der Waals surface area contributed by atoms with E-state index in [0.717, 1.165) is 36.0 Å². The molecule has 1 unspecified atom stereocenters. The number of hydrogen-bond donors (Lipinski definition) is 2. The number of aromatic amines is 1. The van der Waals surface area contributed by atoms with Gasteiger partial charge in [-0.15, -0.1) is 5.10 Å². The highest BCUT2D eigenvalue weighted by molar-refractivity contribution is 7.99. The molecular formula is C13H24N4O2S.